The molecule has 184 valence electrons. The number of nitrogens with zero attached hydrogens (tertiary/aromatic N) is 2. The number of hydrogen-bond acceptors (Lipinski definition) is 4. The number of halogens is 2. The van der Waals surface area contributed by atoms with Gasteiger partial charge in [0, 0.05) is 13.1 Å². The number of ether oxygens (including phenoxy) is 1. The van der Waals surface area contributed by atoms with Gasteiger partial charge in [-0.25, -0.2) is 4.79 Å². The minimum absolute atomic E-state index is 0.266. The lowest BCUT2D eigenvalue weighted by Gasteiger charge is -2.48. The van der Waals surface area contributed by atoms with Crippen LogP contribution in [0.4, 0.5) is 4.79 Å². The summed E-state index contributed by atoms with van der Waals surface area (Å²) < 4.78 is 5.47. The van der Waals surface area contributed by atoms with Crippen LogP contribution in [0.2, 0.25) is 10.0 Å². The van der Waals surface area contributed by atoms with Crippen molar-refractivity contribution in [3.05, 3.63) is 69.7 Å². The number of nitrogens with one attached hydrogen (secondary N) is 1. The summed E-state index contributed by atoms with van der Waals surface area (Å²) in [6, 6.07) is 14.2. The summed E-state index contributed by atoms with van der Waals surface area (Å²) >= 11 is 12.6. The molecule has 3 rings (SSSR count). The Balaban J connectivity index is 1.94. The predicted molar refractivity (Wildman–Crippen MR) is 136 cm³/mol. The molecule has 2 aromatic rings. The van der Waals surface area contributed by atoms with E-state index in [2.05, 4.69) is 10.2 Å². The van der Waals surface area contributed by atoms with Crippen molar-refractivity contribution in [2.24, 2.45) is 5.41 Å². The predicted octanol–water partition coefficient (Wildman–Crippen LogP) is 5.54. The van der Waals surface area contributed by atoms with Gasteiger partial charge in [0.25, 0.3) is 0 Å². The molecule has 3 unspecified atom stereocenters. The number of carbonyl (C=O) groups excluding carboxylic acids is 2. The van der Waals surface area contributed by atoms with E-state index in [1.165, 1.54) is 0 Å². The molecule has 8 heteroatoms. The summed E-state index contributed by atoms with van der Waals surface area (Å²) in [7, 11) is 1.98. The molecule has 0 spiro atoms. The van der Waals surface area contributed by atoms with E-state index in [-0.39, 0.29) is 24.1 Å². The van der Waals surface area contributed by atoms with Crippen molar-refractivity contribution in [3.8, 4) is 0 Å². The highest BCUT2D eigenvalue weighted by Crippen LogP contribution is 2.36. The van der Waals surface area contributed by atoms with Crippen molar-refractivity contribution in [1.29, 1.82) is 0 Å². The van der Waals surface area contributed by atoms with Crippen LogP contribution in [0.15, 0.2) is 48.5 Å². The zero-order valence-electron chi connectivity index (χ0n) is 20.2. The van der Waals surface area contributed by atoms with Crippen molar-refractivity contribution in [1.82, 2.24) is 15.1 Å². The number of likely N-dealkylation sites (tertiary alicyclic amines) is 1. The highest BCUT2D eigenvalue weighted by Gasteiger charge is 2.50. The van der Waals surface area contributed by atoms with Gasteiger partial charge in [0.1, 0.15) is 0 Å². The van der Waals surface area contributed by atoms with Gasteiger partial charge < -0.3 is 19.9 Å². The molecule has 0 saturated carbocycles. The first-order chi connectivity index (χ1) is 16.2. The summed E-state index contributed by atoms with van der Waals surface area (Å²) in [6.07, 6.45) is 0.651. The molecule has 3 atom stereocenters. The second-order valence-corrected chi connectivity index (χ2v) is 9.89. The number of rotatable bonds is 7. The van der Waals surface area contributed by atoms with Gasteiger partial charge in [0.05, 0.1) is 34.2 Å². The number of esters is 1. The number of urea groups is 1. The van der Waals surface area contributed by atoms with E-state index in [0.29, 0.717) is 36.2 Å². The summed E-state index contributed by atoms with van der Waals surface area (Å²) in [5.41, 5.74) is 0.849. The molecule has 0 radical (unpaired) electrons. The van der Waals surface area contributed by atoms with Gasteiger partial charge in [-0.2, -0.15) is 0 Å². The SMILES string of the molecule is CCOC(=O)C1(C)CN(C)CCC1N(Cc1ccccc1)C(=O)NC(C)c1cccc(Cl)c1Cl. The number of piperidine rings is 1. The standard InChI is InChI=1S/C26H33Cl2N3O3/c1-5-34-24(32)26(3)17-30(4)15-14-22(26)31(16-19-10-7-6-8-11-19)25(33)29-18(2)20-12-9-13-21(27)23(20)28/h6-13,18,22H,5,14-17H2,1-4H3,(H,29,33). The third-order valence-electron chi connectivity index (χ3n) is 6.48. The van der Waals surface area contributed by atoms with Crippen LogP contribution in [0.1, 0.15) is 44.4 Å². The average molecular weight is 506 g/mol. The second kappa shape index (κ2) is 11.4. The summed E-state index contributed by atoms with van der Waals surface area (Å²) in [5, 5.41) is 3.94. The normalized spacial score (nSPS) is 21.5. The molecule has 2 amide bonds. The quantitative estimate of drug-likeness (QED) is 0.501. The molecule has 1 aliphatic heterocycles. The molecule has 0 bridgehead atoms. The highest BCUT2D eigenvalue weighted by molar-refractivity contribution is 6.42. The smallest absolute Gasteiger partial charge is 0.318 e. The lowest BCUT2D eigenvalue weighted by Crippen LogP contribution is -2.62. The highest BCUT2D eigenvalue weighted by atomic mass is 35.5. The molecule has 2 aromatic carbocycles. The Labute approximate surface area is 212 Å². The van der Waals surface area contributed by atoms with Crippen LogP contribution in [0.3, 0.4) is 0 Å². The van der Waals surface area contributed by atoms with Crippen LogP contribution in [-0.2, 0) is 16.1 Å². The van der Waals surface area contributed by atoms with Gasteiger partial charge in [-0.15, -0.1) is 0 Å². The zero-order chi connectivity index (χ0) is 24.9. The summed E-state index contributed by atoms with van der Waals surface area (Å²) in [4.78, 5) is 30.8. The van der Waals surface area contributed by atoms with E-state index in [0.717, 1.165) is 17.7 Å². The minimum atomic E-state index is -0.869. The van der Waals surface area contributed by atoms with Gasteiger partial charge in [-0.05, 0) is 58.0 Å². The van der Waals surface area contributed by atoms with Crippen molar-refractivity contribution >= 4 is 35.2 Å². The van der Waals surface area contributed by atoms with Gasteiger partial charge >= 0.3 is 12.0 Å². The molecular weight excluding hydrogens is 473 g/mol. The Morgan fingerprint density at radius 3 is 2.59 bits per heavy atom. The molecule has 1 fully saturated rings. The van der Waals surface area contributed by atoms with Crippen molar-refractivity contribution in [2.75, 3.05) is 26.7 Å². The lowest BCUT2D eigenvalue weighted by molar-refractivity contribution is -0.162. The van der Waals surface area contributed by atoms with E-state index in [4.69, 9.17) is 27.9 Å². The Hall–Kier alpha value is -2.28. The largest absolute Gasteiger partial charge is 0.465 e. The zero-order valence-corrected chi connectivity index (χ0v) is 21.7. The molecule has 1 saturated heterocycles. The maximum atomic E-state index is 13.7. The molecule has 6 nitrogen and oxygen atoms in total. The Kier molecular flexibility index (Phi) is 8.85. The van der Waals surface area contributed by atoms with Crippen LogP contribution in [0.5, 0.6) is 0 Å². The van der Waals surface area contributed by atoms with Crippen molar-refractivity contribution in [3.63, 3.8) is 0 Å². The fourth-order valence-corrected chi connectivity index (χ4v) is 5.18. The summed E-state index contributed by atoms with van der Waals surface area (Å²) in [5.74, 6) is -0.289. The van der Waals surface area contributed by atoms with Gasteiger partial charge in [0.15, 0.2) is 0 Å². The fraction of sp³-hybridized carbons (Fsp3) is 0.462. The molecular formula is C26H33Cl2N3O3. The van der Waals surface area contributed by atoms with Crippen LogP contribution >= 0.6 is 23.2 Å². The second-order valence-electron chi connectivity index (χ2n) is 9.11. The first-order valence-corrected chi connectivity index (χ1v) is 12.3. The minimum Gasteiger partial charge on any atom is -0.465 e. The molecule has 0 aromatic heterocycles. The van der Waals surface area contributed by atoms with Crippen molar-refractivity contribution in [2.45, 2.75) is 45.8 Å². The average Bonchev–Trinajstić information content (AvgIpc) is 2.80. The first-order valence-electron chi connectivity index (χ1n) is 11.6. The molecule has 1 aliphatic rings. The molecule has 34 heavy (non-hydrogen) atoms. The van der Waals surface area contributed by atoms with Gasteiger partial charge in [-0.3, -0.25) is 4.79 Å². The lowest BCUT2D eigenvalue weighted by atomic mass is 9.76. The Morgan fingerprint density at radius 1 is 1.21 bits per heavy atom. The fourth-order valence-electron chi connectivity index (χ4n) is 4.71. The van der Waals surface area contributed by atoms with Crippen LogP contribution in [0, 0.1) is 5.41 Å². The van der Waals surface area contributed by atoms with E-state index in [1.54, 1.807) is 17.9 Å². The maximum Gasteiger partial charge on any atom is 0.318 e. The topological polar surface area (TPSA) is 61.9 Å². The van der Waals surface area contributed by atoms with Crippen molar-refractivity contribution < 1.29 is 14.3 Å². The number of carbonyl (C=O) groups is 2. The Morgan fingerprint density at radius 2 is 1.91 bits per heavy atom. The van der Waals surface area contributed by atoms with E-state index in [1.807, 2.05) is 63.4 Å². The van der Waals surface area contributed by atoms with E-state index < -0.39 is 5.41 Å². The number of amides is 2. The Bertz CT molecular complexity index is 1000. The van der Waals surface area contributed by atoms with E-state index >= 15 is 0 Å². The molecule has 1 N–H and O–H groups in total. The van der Waals surface area contributed by atoms with Gasteiger partial charge in [0.2, 0.25) is 0 Å². The molecule has 0 aliphatic carbocycles. The third-order valence-corrected chi connectivity index (χ3v) is 7.31. The first kappa shape index (κ1) is 26.3. The van der Waals surface area contributed by atoms with Gasteiger partial charge in [-0.1, -0.05) is 65.7 Å². The number of benzene rings is 2. The maximum absolute atomic E-state index is 13.7. The monoisotopic (exact) mass is 505 g/mol. The number of hydrogen-bond donors (Lipinski definition) is 1. The summed E-state index contributed by atoms with van der Waals surface area (Å²) in [6.45, 7) is 7.50. The van der Waals surface area contributed by atoms with Crippen LogP contribution < -0.4 is 5.32 Å². The molecule has 1 heterocycles. The van der Waals surface area contributed by atoms with Crippen LogP contribution in [-0.4, -0.2) is 54.6 Å². The third kappa shape index (κ3) is 5.85. The van der Waals surface area contributed by atoms with Crippen LogP contribution in [0.25, 0.3) is 0 Å². The van der Waals surface area contributed by atoms with E-state index in [9.17, 15) is 9.59 Å².